The van der Waals surface area contributed by atoms with Crippen molar-refractivity contribution in [2.24, 2.45) is 0 Å². The van der Waals surface area contributed by atoms with Crippen molar-refractivity contribution < 1.29 is 33.2 Å². The minimum Gasteiger partial charge on any atom is -0.497 e. The van der Waals surface area contributed by atoms with Crippen molar-refractivity contribution in [3.8, 4) is 34.3 Å². The number of benzene rings is 3. The lowest BCUT2D eigenvalue weighted by Gasteiger charge is -2.15. The van der Waals surface area contributed by atoms with Gasteiger partial charge in [0.25, 0.3) is 0 Å². The molecular weight excluding hydrogens is 557 g/mol. The third-order valence-corrected chi connectivity index (χ3v) is 7.91. The molecule has 0 bridgehead atoms. The van der Waals surface area contributed by atoms with Gasteiger partial charge in [-0.3, -0.25) is 4.79 Å². The van der Waals surface area contributed by atoms with E-state index in [1.54, 1.807) is 43.5 Å². The molecule has 2 heterocycles. The summed E-state index contributed by atoms with van der Waals surface area (Å²) < 4.78 is 36.9. The number of ketones is 1. The van der Waals surface area contributed by atoms with E-state index in [1.165, 1.54) is 31.6 Å². The van der Waals surface area contributed by atoms with Crippen LogP contribution in [0.3, 0.4) is 0 Å². The lowest BCUT2D eigenvalue weighted by atomic mass is 10.0. The number of halogens is 1. The van der Waals surface area contributed by atoms with E-state index in [4.69, 9.17) is 23.9 Å². The van der Waals surface area contributed by atoms with E-state index in [0.717, 1.165) is 22.3 Å². The van der Waals surface area contributed by atoms with Crippen LogP contribution in [-0.2, 0) is 6.61 Å². The summed E-state index contributed by atoms with van der Waals surface area (Å²) in [5.74, 6) is 1.77. The topological polar surface area (TPSA) is 87.1 Å². The third kappa shape index (κ3) is 6.37. The predicted octanol–water partition coefficient (Wildman–Crippen LogP) is 7.40. The van der Waals surface area contributed by atoms with E-state index in [0.29, 0.717) is 38.9 Å². The molecule has 0 saturated heterocycles. The van der Waals surface area contributed by atoms with E-state index in [-0.39, 0.29) is 31.0 Å². The van der Waals surface area contributed by atoms with Crippen LogP contribution in [0, 0.1) is 5.82 Å². The highest BCUT2D eigenvalue weighted by Gasteiger charge is 2.19. The van der Waals surface area contributed by atoms with Gasteiger partial charge in [-0.05, 0) is 48.4 Å². The second-order valence-corrected chi connectivity index (χ2v) is 10.4. The fraction of sp³-hybridized carbons (Fsp3) is 0.212. The summed E-state index contributed by atoms with van der Waals surface area (Å²) in [6.45, 7) is 0.278. The fourth-order valence-corrected chi connectivity index (χ4v) is 5.57. The molecule has 5 rings (SSSR count). The highest BCUT2D eigenvalue weighted by Crippen LogP contribution is 2.37. The number of fused-ring (bicyclic) bond motifs is 1. The summed E-state index contributed by atoms with van der Waals surface area (Å²) in [6, 6.07) is 20.9. The summed E-state index contributed by atoms with van der Waals surface area (Å²) in [4.78, 5) is 17.7. The number of aromatic nitrogens is 1. The number of thiophene rings is 1. The number of ether oxygens (including phenoxy) is 4. The largest absolute Gasteiger partial charge is 0.497 e. The zero-order valence-corrected chi connectivity index (χ0v) is 24.2. The van der Waals surface area contributed by atoms with Gasteiger partial charge in [0.05, 0.1) is 43.5 Å². The molecule has 2 aromatic heterocycles. The molecule has 1 atom stereocenters. The molecule has 0 fully saturated rings. The summed E-state index contributed by atoms with van der Waals surface area (Å²) in [5, 5.41) is 13.7. The van der Waals surface area contributed by atoms with Gasteiger partial charge in [0.15, 0.2) is 17.3 Å². The second kappa shape index (κ2) is 13.0. The Bertz CT molecular complexity index is 1700. The lowest BCUT2D eigenvalue weighted by molar-refractivity contribution is 0.0937. The van der Waals surface area contributed by atoms with Crippen molar-refractivity contribution in [2.75, 3.05) is 21.3 Å². The number of aliphatic hydroxyl groups excluding tert-OH is 1. The van der Waals surface area contributed by atoms with Crippen LogP contribution in [0.15, 0.2) is 78.2 Å². The van der Waals surface area contributed by atoms with Gasteiger partial charge in [-0.1, -0.05) is 24.3 Å². The van der Waals surface area contributed by atoms with Crippen molar-refractivity contribution >= 4 is 27.2 Å². The van der Waals surface area contributed by atoms with Crippen LogP contribution in [0.5, 0.6) is 23.0 Å². The van der Waals surface area contributed by atoms with E-state index in [2.05, 4.69) is 0 Å². The van der Waals surface area contributed by atoms with Crippen molar-refractivity contribution in [3.63, 3.8) is 0 Å². The summed E-state index contributed by atoms with van der Waals surface area (Å²) in [6.07, 6.45) is -0.823. The number of aliphatic hydroxyl groups is 1. The van der Waals surface area contributed by atoms with E-state index >= 15 is 0 Å². The molecule has 0 aliphatic heterocycles. The fourth-order valence-electron chi connectivity index (χ4n) is 4.60. The summed E-state index contributed by atoms with van der Waals surface area (Å²) >= 11 is 1.29. The third-order valence-electron chi connectivity index (χ3n) is 6.90. The van der Waals surface area contributed by atoms with Crippen LogP contribution >= 0.6 is 11.3 Å². The number of carbonyl (C=O) groups excluding carboxylic acids is 1. The van der Waals surface area contributed by atoms with Crippen LogP contribution in [-0.4, -0.2) is 37.2 Å². The first-order valence-corrected chi connectivity index (χ1v) is 14.1. The van der Waals surface area contributed by atoms with Crippen LogP contribution in [0.25, 0.3) is 21.3 Å². The molecule has 0 aliphatic rings. The number of Topliss-reactive ketones (excluding diaryl/α,β-unsaturated/α-hetero) is 1. The first kappa shape index (κ1) is 29.0. The van der Waals surface area contributed by atoms with Crippen molar-refractivity contribution in [2.45, 2.75) is 25.6 Å². The van der Waals surface area contributed by atoms with Gasteiger partial charge in [-0.25, -0.2) is 9.37 Å². The molecule has 0 saturated carbocycles. The number of pyridine rings is 1. The lowest BCUT2D eigenvalue weighted by Crippen LogP contribution is -2.07. The first-order valence-electron chi connectivity index (χ1n) is 13.3. The minimum absolute atomic E-state index is 0.0805. The number of methoxy groups -OCH3 is 3. The molecule has 1 N–H and O–H groups in total. The maximum Gasteiger partial charge on any atom is 0.163 e. The average Bonchev–Trinajstić information content (AvgIpc) is 3.48. The Morgan fingerprint density at radius 3 is 2.45 bits per heavy atom. The smallest absolute Gasteiger partial charge is 0.163 e. The molecule has 42 heavy (non-hydrogen) atoms. The quantitative estimate of drug-likeness (QED) is 0.152. The molecule has 1 unspecified atom stereocenters. The molecule has 9 heteroatoms. The Labute approximate surface area is 247 Å². The molecular formula is C33H30FNO6S. The average molecular weight is 588 g/mol. The first-order chi connectivity index (χ1) is 20.4. The summed E-state index contributed by atoms with van der Waals surface area (Å²) in [7, 11) is 4.65. The molecule has 7 nitrogen and oxygen atoms in total. The van der Waals surface area contributed by atoms with E-state index in [9.17, 15) is 14.3 Å². The molecule has 0 spiro atoms. The van der Waals surface area contributed by atoms with Gasteiger partial charge < -0.3 is 24.1 Å². The van der Waals surface area contributed by atoms with Crippen LogP contribution < -0.4 is 18.9 Å². The number of hydrogen-bond acceptors (Lipinski definition) is 8. The SMILES string of the molecule is COc1ccc(COc2cc(-c3csc4c(F)cccc34)nc(C(O)CCC(=O)c3ccc(OC)c(OC)c3)c2)cc1. The zero-order chi connectivity index (χ0) is 29.6. The molecule has 3 aromatic carbocycles. The minimum atomic E-state index is -1.04. The van der Waals surface area contributed by atoms with Gasteiger partial charge in [0, 0.05) is 40.4 Å². The number of rotatable bonds is 12. The van der Waals surface area contributed by atoms with E-state index in [1.807, 2.05) is 35.7 Å². The Hall–Kier alpha value is -4.47. The van der Waals surface area contributed by atoms with Gasteiger partial charge >= 0.3 is 0 Å². The Morgan fingerprint density at radius 1 is 0.929 bits per heavy atom. The Balaban J connectivity index is 1.40. The molecule has 0 aliphatic carbocycles. The second-order valence-electron chi connectivity index (χ2n) is 9.56. The van der Waals surface area contributed by atoms with Crippen LogP contribution in [0.1, 0.15) is 40.6 Å². The van der Waals surface area contributed by atoms with Crippen molar-refractivity contribution in [3.05, 3.63) is 101 Å². The zero-order valence-electron chi connectivity index (χ0n) is 23.4. The molecule has 5 aromatic rings. The maximum atomic E-state index is 14.4. The monoisotopic (exact) mass is 587 g/mol. The highest BCUT2D eigenvalue weighted by molar-refractivity contribution is 7.17. The van der Waals surface area contributed by atoms with Gasteiger partial charge in [0.1, 0.15) is 23.9 Å². The molecule has 0 radical (unpaired) electrons. The predicted molar refractivity (Wildman–Crippen MR) is 160 cm³/mol. The van der Waals surface area contributed by atoms with Crippen molar-refractivity contribution in [1.29, 1.82) is 0 Å². The Morgan fingerprint density at radius 2 is 1.71 bits per heavy atom. The van der Waals surface area contributed by atoms with E-state index < -0.39 is 6.10 Å². The number of hydrogen-bond donors (Lipinski definition) is 1. The normalized spacial score (nSPS) is 11.7. The number of carbonyl (C=O) groups is 1. The van der Waals surface area contributed by atoms with Crippen LogP contribution in [0.2, 0.25) is 0 Å². The van der Waals surface area contributed by atoms with Gasteiger partial charge in [0.2, 0.25) is 0 Å². The molecule has 216 valence electrons. The molecule has 0 amide bonds. The van der Waals surface area contributed by atoms with Crippen LogP contribution in [0.4, 0.5) is 4.39 Å². The van der Waals surface area contributed by atoms with Crippen molar-refractivity contribution in [1.82, 2.24) is 4.98 Å². The highest BCUT2D eigenvalue weighted by atomic mass is 32.1. The summed E-state index contributed by atoms with van der Waals surface area (Å²) in [5.41, 5.74) is 3.02. The van der Waals surface area contributed by atoms with Gasteiger partial charge in [-0.15, -0.1) is 11.3 Å². The number of nitrogens with zero attached hydrogens (tertiary/aromatic N) is 1. The maximum absolute atomic E-state index is 14.4. The van der Waals surface area contributed by atoms with Gasteiger partial charge in [-0.2, -0.15) is 0 Å². The standard InChI is InChI=1S/C33H30FNO6S/c1-38-22-10-7-20(8-11-22)18-41-23-16-27(25-19-42-33-24(25)5-4-6-26(33)34)35-28(17-23)30(37)13-12-29(36)21-9-14-31(39-2)32(15-21)40-3/h4-11,14-17,19,30,37H,12-13,18H2,1-3H3. The Kier molecular flexibility index (Phi) is 9.00.